The molecular formula is C16H15N3O. The van der Waals surface area contributed by atoms with Gasteiger partial charge in [-0.1, -0.05) is 6.07 Å². The highest BCUT2D eigenvalue weighted by molar-refractivity contribution is 5.48. The molecule has 0 saturated heterocycles. The number of imidazole rings is 1. The summed E-state index contributed by atoms with van der Waals surface area (Å²) in [5.41, 5.74) is 3.11. The lowest BCUT2D eigenvalue weighted by Gasteiger charge is -2.43. The summed E-state index contributed by atoms with van der Waals surface area (Å²) in [6.07, 6.45) is 8.26. The fourth-order valence-electron chi connectivity index (χ4n) is 3.65. The van der Waals surface area contributed by atoms with E-state index in [1.807, 2.05) is 24.7 Å². The Kier molecular flexibility index (Phi) is 2.37. The summed E-state index contributed by atoms with van der Waals surface area (Å²) >= 11 is 0. The smallest absolute Gasteiger partial charge is 0.126 e. The molecule has 4 rings (SSSR count). The van der Waals surface area contributed by atoms with Gasteiger partial charge in [0, 0.05) is 23.9 Å². The van der Waals surface area contributed by atoms with E-state index in [2.05, 4.69) is 21.7 Å². The van der Waals surface area contributed by atoms with Gasteiger partial charge >= 0.3 is 0 Å². The molecular weight excluding hydrogens is 250 g/mol. The predicted octanol–water partition coefficient (Wildman–Crippen LogP) is 2.62. The Hall–Kier alpha value is -2.28. The van der Waals surface area contributed by atoms with E-state index in [4.69, 9.17) is 10.00 Å². The van der Waals surface area contributed by atoms with Crippen LogP contribution >= 0.6 is 0 Å². The number of aryl methyl sites for hydroxylation is 1. The number of nitriles is 1. The second kappa shape index (κ2) is 4.11. The fourth-order valence-corrected chi connectivity index (χ4v) is 3.65. The molecule has 3 heterocycles. The van der Waals surface area contributed by atoms with Crippen LogP contribution in [0.15, 0.2) is 30.7 Å². The average Bonchev–Trinajstić information content (AvgIpc) is 2.97. The number of ether oxygens (including phenoxy) is 1. The summed E-state index contributed by atoms with van der Waals surface area (Å²) in [7, 11) is 0. The van der Waals surface area contributed by atoms with Crippen LogP contribution in [0.25, 0.3) is 0 Å². The highest BCUT2D eigenvalue weighted by atomic mass is 16.5. The standard InChI is InChI=1S/C16H15N3O/c17-9-12-3-4-14-15(8-12)20-7-6-16(14)5-1-2-13-10-18-11-19(13)16/h3-4,8,10-11H,1-2,5-7H2. The summed E-state index contributed by atoms with van der Waals surface area (Å²) in [6.45, 7) is 0.694. The van der Waals surface area contributed by atoms with Crippen LogP contribution in [0.2, 0.25) is 0 Å². The van der Waals surface area contributed by atoms with Gasteiger partial charge in [0.1, 0.15) is 5.75 Å². The third-order valence-electron chi connectivity index (χ3n) is 4.58. The number of benzene rings is 1. The number of fused-ring (bicyclic) bond motifs is 4. The van der Waals surface area contributed by atoms with Crippen LogP contribution in [0.4, 0.5) is 0 Å². The SMILES string of the molecule is N#Cc1ccc2c(c1)OCCC21CCCc2cncn21. The molecule has 0 radical (unpaired) electrons. The van der Waals surface area contributed by atoms with Crippen molar-refractivity contribution >= 4 is 0 Å². The van der Waals surface area contributed by atoms with E-state index in [9.17, 15) is 0 Å². The zero-order valence-corrected chi connectivity index (χ0v) is 11.2. The van der Waals surface area contributed by atoms with Crippen molar-refractivity contribution in [2.75, 3.05) is 6.61 Å². The molecule has 0 fully saturated rings. The quantitative estimate of drug-likeness (QED) is 0.735. The summed E-state index contributed by atoms with van der Waals surface area (Å²) in [5, 5.41) is 9.04. The molecule has 0 N–H and O–H groups in total. The van der Waals surface area contributed by atoms with Crippen molar-refractivity contribution in [2.45, 2.75) is 31.2 Å². The lowest BCUT2D eigenvalue weighted by atomic mass is 9.77. The first-order valence-corrected chi connectivity index (χ1v) is 7.03. The first-order valence-electron chi connectivity index (χ1n) is 7.03. The van der Waals surface area contributed by atoms with Crippen LogP contribution in [0.5, 0.6) is 5.75 Å². The van der Waals surface area contributed by atoms with Gasteiger partial charge in [-0.25, -0.2) is 4.98 Å². The molecule has 0 saturated carbocycles. The lowest BCUT2D eigenvalue weighted by molar-refractivity contribution is 0.164. The number of hydrogen-bond acceptors (Lipinski definition) is 3. The molecule has 100 valence electrons. The molecule has 1 aromatic carbocycles. The zero-order valence-electron chi connectivity index (χ0n) is 11.2. The minimum Gasteiger partial charge on any atom is -0.493 e. The Labute approximate surface area is 117 Å². The number of aromatic nitrogens is 2. The van der Waals surface area contributed by atoms with Gasteiger partial charge in [-0.15, -0.1) is 0 Å². The van der Waals surface area contributed by atoms with Gasteiger partial charge in [-0.05, 0) is 31.4 Å². The maximum atomic E-state index is 9.04. The molecule has 0 bridgehead atoms. The molecule has 1 spiro atoms. The molecule has 2 aromatic rings. The van der Waals surface area contributed by atoms with Crippen LogP contribution < -0.4 is 4.74 Å². The highest BCUT2D eigenvalue weighted by Gasteiger charge is 2.42. The zero-order chi connectivity index (χ0) is 13.6. The molecule has 1 unspecified atom stereocenters. The molecule has 20 heavy (non-hydrogen) atoms. The summed E-state index contributed by atoms with van der Waals surface area (Å²) < 4.78 is 8.12. The number of nitrogens with zero attached hydrogens (tertiary/aromatic N) is 3. The predicted molar refractivity (Wildman–Crippen MR) is 73.5 cm³/mol. The van der Waals surface area contributed by atoms with E-state index >= 15 is 0 Å². The van der Waals surface area contributed by atoms with Crippen LogP contribution in [0, 0.1) is 11.3 Å². The van der Waals surface area contributed by atoms with Crippen molar-refractivity contribution in [3.8, 4) is 11.8 Å². The maximum Gasteiger partial charge on any atom is 0.126 e. The second-order valence-electron chi connectivity index (χ2n) is 5.56. The van der Waals surface area contributed by atoms with Crippen molar-refractivity contribution in [3.05, 3.63) is 47.5 Å². The van der Waals surface area contributed by atoms with Crippen LogP contribution in [0.3, 0.4) is 0 Å². The second-order valence-corrected chi connectivity index (χ2v) is 5.56. The average molecular weight is 265 g/mol. The van der Waals surface area contributed by atoms with E-state index in [0.29, 0.717) is 12.2 Å². The topological polar surface area (TPSA) is 50.8 Å². The van der Waals surface area contributed by atoms with Crippen LogP contribution in [-0.4, -0.2) is 16.2 Å². The molecule has 4 nitrogen and oxygen atoms in total. The van der Waals surface area contributed by atoms with Crippen molar-refractivity contribution in [3.63, 3.8) is 0 Å². The Morgan fingerprint density at radius 1 is 1.35 bits per heavy atom. The van der Waals surface area contributed by atoms with Crippen molar-refractivity contribution in [1.82, 2.24) is 9.55 Å². The molecule has 0 amide bonds. The lowest BCUT2D eigenvalue weighted by Crippen LogP contribution is -2.42. The Balaban J connectivity index is 1.94. The minimum absolute atomic E-state index is 0.0361. The molecule has 4 heteroatoms. The van der Waals surface area contributed by atoms with Gasteiger partial charge < -0.3 is 9.30 Å². The van der Waals surface area contributed by atoms with Crippen LogP contribution in [0.1, 0.15) is 36.1 Å². The molecule has 0 aliphatic carbocycles. The third-order valence-corrected chi connectivity index (χ3v) is 4.58. The van der Waals surface area contributed by atoms with Crippen molar-refractivity contribution < 1.29 is 4.74 Å². The van der Waals surface area contributed by atoms with E-state index in [-0.39, 0.29) is 5.54 Å². The fraction of sp³-hybridized carbons (Fsp3) is 0.375. The normalized spacial score (nSPS) is 23.6. The Morgan fingerprint density at radius 3 is 3.20 bits per heavy atom. The van der Waals surface area contributed by atoms with E-state index in [1.54, 1.807) is 0 Å². The van der Waals surface area contributed by atoms with E-state index < -0.39 is 0 Å². The van der Waals surface area contributed by atoms with Crippen LogP contribution in [-0.2, 0) is 12.0 Å². The number of rotatable bonds is 0. The number of hydrogen-bond donors (Lipinski definition) is 0. The largest absolute Gasteiger partial charge is 0.493 e. The van der Waals surface area contributed by atoms with Gasteiger partial charge in [-0.3, -0.25) is 0 Å². The summed E-state index contributed by atoms with van der Waals surface area (Å²) in [4.78, 5) is 4.33. The Bertz CT molecular complexity index is 709. The minimum atomic E-state index is -0.0361. The molecule has 2 aliphatic heterocycles. The van der Waals surface area contributed by atoms with Gasteiger partial charge in [0.05, 0.1) is 30.1 Å². The van der Waals surface area contributed by atoms with E-state index in [0.717, 1.165) is 25.0 Å². The molecule has 1 aromatic heterocycles. The Morgan fingerprint density at radius 2 is 2.30 bits per heavy atom. The summed E-state index contributed by atoms with van der Waals surface area (Å²) in [5.74, 6) is 0.858. The first kappa shape index (κ1) is 11.5. The molecule has 1 atom stereocenters. The van der Waals surface area contributed by atoms with Gasteiger partial charge in [0.15, 0.2) is 0 Å². The highest BCUT2D eigenvalue weighted by Crippen LogP contribution is 2.46. The van der Waals surface area contributed by atoms with Gasteiger partial charge in [0.2, 0.25) is 0 Å². The monoisotopic (exact) mass is 265 g/mol. The van der Waals surface area contributed by atoms with E-state index in [1.165, 1.54) is 17.7 Å². The third kappa shape index (κ3) is 1.44. The summed E-state index contributed by atoms with van der Waals surface area (Å²) in [6, 6.07) is 7.99. The maximum absolute atomic E-state index is 9.04. The van der Waals surface area contributed by atoms with Gasteiger partial charge in [-0.2, -0.15) is 5.26 Å². The van der Waals surface area contributed by atoms with Crippen molar-refractivity contribution in [2.24, 2.45) is 0 Å². The van der Waals surface area contributed by atoms with Crippen molar-refractivity contribution in [1.29, 1.82) is 5.26 Å². The first-order chi connectivity index (χ1) is 9.83. The molecule has 2 aliphatic rings. The van der Waals surface area contributed by atoms with Gasteiger partial charge in [0.25, 0.3) is 0 Å².